The van der Waals surface area contributed by atoms with Crippen LogP contribution >= 0.6 is 23.5 Å². The van der Waals surface area contributed by atoms with Crippen molar-refractivity contribution in [3.8, 4) is 5.75 Å². The summed E-state index contributed by atoms with van der Waals surface area (Å²) in [7, 11) is 1.56. The molecule has 1 aromatic carbocycles. The summed E-state index contributed by atoms with van der Waals surface area (Å²) in [4.78, 5) is 23.7. The number of hydrogen-bond acceptors (Lipinski definition) is 5. The summed E-state index contributed by atoms with van der Waals surface area (Å²) in [5.74, 6) is -0.142. The van der Waals surface area contributed by atoms with E-state index in [1.165, 1.54) is 23.5 Å². The Labute approximate surface area is 109 Å². The van der Waals surface area contributed by atoms with Crippen molar-refractivity contribution in [3.05, 3.63) is 29.8 Å². The predicted octanol–water partition coefficient (Wildman–Crippen LogP) is 2.50. The largest absolute Gasteiger partial charge is 0.497 e. The summed E-state index contributed by atoms with van der Waals surface area (Å²) in [5.41, 5.74) is 0.406. The highest BCUT2D eigenvalue weighted by molar-refractivity contribution is 8.17. The van der Waals surface area contributed by atoms with Gasteiger partial charge in [-0.2, -0.15) is 0 Å². The smallest absolute Gasteiger partial charge is 0.230 e. The first kappa shape index (κ1) is 14.1. The number of rotatable bonds is 6. The molecule has 0 N–H and O–H groups in total. The predicted molar refractivity (Wildman–Crippen MR) is 73.1 cm³/mol. The van der Waals surface area contributed by atoms with Gasteiger partial charge >= 0.3 is 0 Å². The Hall–Kier alpha value is -0.940. The van der Waals surface area contributed by atoms with Crippen LogP contribution in [0.25, 0.3) is 0 Å². The average molecular weight is 270 g/mol. The van der Waals surface area contributed by atoms with Crippen LogP contribution in [0.4, 0.5) is 0 Å². The molecule has 1 rings (SSSR count). The first-order valence-corrected chi connectivity index (χ1v) is 7.49. The van der Waals surface area contributed by atoms with Gasteiger partial charge in [-0.3, -0.25) is 9.59 Å². The lowest BCUT2D eigenvalue weighted by molar-refractivity contribution is -0.113. The van der Waals surface area contributed by atoms with Crippen molar-refractivity contribution in [1.82, 2.24) is 0 Å². The standard InChI is InChI=1S/C12H14O3S2/c1-15-9-6-4-8(5-7-9)10(13)11(14)12(16-2)17-3/h4-7,12H,1-3H3. The summed E-state index contributed by atoms with van der Waals surface area (Å²) in [6.07, 6.45) is 3.64. The summed E-state index contributed by atoms with van der Waals surface area (Å²) in [6.45, 7) is 0. The van der Waals surface area contributed by atoms with Crippen molar-refractivity contribution in [2.75, 3.05) is 19.6 Å². The highest BCUT2D eigenvalue weighted by atomic mass is 32.2. The summed E-state index contributed by atoms with van der Waals surface area (Å²) in [6, 6.07) is 6.56. The van der Waals surface area contributed by atoms with Gasteiger partial charge in [0, 0.05) is 5.56 Å². The second-order valence-corrected chi connectivity index (χ2v) is 5.41. The van der Waals surface area contributed by atoms with Crippen LogP contribution in [0.5, 0.6) is 5.75 Å². The van der Waals surface area contributed by atoms with Crippen molar-refractivity contribution in [1.29, 1.82) is 0 Å². The van der Waals surface area contributed by atoms with E-state index in [1.54, 1.807) is 31.4 Å². The molecule has 17 heavy (non-hydrogen) atoms. The number of thioether (sulfide) groups is 2. The zero-order chi connectivity index (χ0) is 12.8. The Morgan fingerprint density at radius 1 is 1.12 bits per heavy atom. The van der Waals surface area contributed by atoms with Crippen LogP contribution in [0.2, 0.25) is 0 Å². The van der Waals surface area contributed by atoms with Crippen molar-refractivity contribution in [2.24, 2.45) is 0 Å². The van der Waals surface area contributed by atoms with Crippen LogP contribution in [0.3, 0.4) is 0 Å². The third-order valence-electron chi connectivity index (χ3n) is 2.22. The van der Waals surface area contributed by atoms with Crippen LogP contribution in [-0.4, -0.2) is 35.8 Å². The molecule has 0 fully saturated rings. The molecule has 0 bridgehead atoms. The molecule has 0 saturated carbocycles. The first-order valence-electron chi connectivity index (χ1n) is 4.92. The Bertz CT molecular complexity index is 397. The number of ketones is 2. The van der Waals surface area contributed by atoms with Crippen LogP contribution < -0.4 is 4.74 Å². The number of carbonyl (C=O) groups is 2. The van der Waals surface area contributed by atoms with Gasteiger partial charge in [-0.15, -0.1) is 23.5 Å². The summed E-state index contributed by atoms with van der Waals surface area (Å²) >= 11 is 2.75. The Balaban J connectivity index is 2.84. The van der Waals surface area contributed by atoms with Crippen molar-refractivity contribution in [2.45, 2.75) is 4.58 Å². The Kier molecular flexibility index (Phi) is 5.58. The molecule has 1 aromatic rings. The lowest BCUT2D eigenvalue weighted by Crippen LogP contribution is -2.23. The average Bonchev–Trinajstić information content (AvgIpc) is 2.39. The normalized spacial score (nSPS) is 10.4. The number of Topliss-reactive ketones (excluding diaryl/α,β-unsaturated/α-hetero) is 2. The fraction of sp³-hybridized carbons (Fsp3) is 0.333. The Morgan fingerprint density at radius 2 is 1.65 bits per heavy atom. The summed E-state index contributed by atoms with van der Waals surface area (Å²) < 4.78 is 4.67. The van der Waals surface area contributed by atoms with E-state index in [4.69, 9.17) is 4.74 Å². The zero-order valence-electron chi connectivity index (χ0n) is 9.93. The highest BCUT2D eigenvalue weighted by Crippen LogP contribution is 2.22. The van der Waals surface area contributed by atoms with Gasteiger partial charge in [-0.1, -0.05) is 0 Å². The number of carbonyl (C=O) groups excluding carboxylic acids is 2. The molecular weight excluding hydrogens is 256 g/mol. The molecule has 0 saturated heterocycles. The molecule has 0 aromatic heterocycles. The highest BCUT2D eigenvalue weighted by Gasteiger charge is 2.24. The molecule has 0 heterocycles. The van der Waals surface area contributed by atoms with Gasteiger partial charge in [0.1, 0.15) is 10.3 Å². The molecule has 0 radical (unpaired) electrons. The van der Waals surface area contributed by atoms with Gasteiger partial charge in [0.25, 0.3) is 0 Å². The molecule has 5 heteroatoms. The molecule has 0 atom stereocenters. The van der Waals surface area contributed by atoms with Crippen LogP contribution in [0.15, 0.2) is 24.3 Å². The number of methoxy groups -OCH3 is 1. The third kappa shape index (κ3) is 3.51. The maximum Gasteiger partial charge on any atom is 0.230 e. The fourth-order valence-electron chi connectivity index (χ4n) is 1.30. The molecule has 3 nitrogen and oxygen atoms in total. The minimum Gasteiger partial charge on any atom is -0.497 e. The molecular formula is C12H14O3S2. The molecule has 92 valence electrons. The molecule has 0 aliphatic rings. The molecule has 0 aliphatic carbocycles. The van der Waals surface area contributed by atoms with Gasteiger partial charge in [0.15, 0.2) is 0 Å². The molecule has 0 spiro atoms. The maximum absolute atomic E-state index is 11.9. The topological polar surface area (TPSA) is 43.4 Å². The maximum atomic E-state index is 11.9. The molecule has 0 unspecified atom stereocenters. The molecule has 0 amide bonds. The monoisotopic (exact) mass is 270 g/mol. The van der Waals surface area contributed by atoms with Gasteiger partial charge in [-0.05, 0) is 36.8 Å². The first-order chi connectivity index (χ1) is 8.13. The Morgan fingerprint density at radius 3 is 2.06 bits per heavy atom. The minimum absolute atomic E-state index is 0.329. The summed E-state index contributed by atoms with van der Waals surface area (Å²) in [5, 5.41) is 0. The van der Waals surface area contributed by atoms with E-state index in [0.29, 0.717) is 11.3 Å². The van der Waals surface area contributed by atoms with E-state index in [9.17, 15) is 9.59 Å². The fourth-order valence-corrected chi connectivity index (χ4v) is 2.71. The van der Waals surface area contributed by atoms with Gasteiger partial charge in [0.05, 0.1) is 7.11 Å². The van der Waals surface area contributed by atoms with Crippen LogP contribution in [-0.2, 0) is 4.79 Å². The van der Waals surface area contributed by atoms with Gasteiger partial charge < -0.3 is 4.74 Å². The lowest BCUT2D eigenvalue weighted by Gasteiger charge is -2.09. The van der Waals surface area contributed by atoms with Crippen molar-refractivity contribution >= 4 is 35.1 Å². The van der Waals surface area contributed by atoms with Crippen LogP contribution in [0.1, 0.15) is 10.4 Å². The SMILES string of the molecule is COc1ccc(C(=O)C(=O)C(SC)SC)cc1. The van der Waals surface area contributed by atoms with E-state index in [1.807, 2.05) is 12.5 Å². The third-order valence-corrected chi connectivity index (χ3v) is 4.66. The van der Waals surface area contributed by atoms with Gasteiger partial charge in [0.2, 0.25) is 11.6 Å². The van der Waals surface area contributed by atoms with E-state index < -0.39 is 5.78 Å². The van der Waals surface area contributed by atoms with Crippen molar-refractivity contribution < 1.29 is 14.3 Å². The lowest BCUT2D eigenvalue weighted by atomic mass is 10.1. The van der Waals surface area contributed by atoms with Crippen molar-refractivity contribution in [3.63, 3.8) is 0 Å². The van der Waals surface area contributed by atoms with E-state index >= 15 is 0 Å². The van der Waals surface area contributed by atoms with E-state index in [0.717, 1.165) is 0 Å². The van der Waals surface area contributed by atoms with E-state index in [-0.39, 0.29) is 10.4 Å². The van der Waals surface area contributed by atoms with Gasteiger partial charge in [-0.25, -0.2) is 0 Å². The second-order valence-electron chi connectivity index (χ2n) is 3.23. The molecule has 0 aliphatic heterocycles. The number of hydrogen-bond donors (Lipinski definition) is 0. The minimum atomic E-state index is -0.443. The number of benzene rings is 1. The zero-order valence-corrected chi connectivity index (χ0v) is 11.6. The van der Waals surface area contributed by atoms with E-state index in [2.05, 4.69) is 0 Å². The quantitative estimate of drug-likeness (QED) is 0.451. The number of ether oxygens (including phenoxy) is 1. The van der Waals surface area contributed by atoms with Crippen LogP contribution in [0, 0.1) is 0 Å². The second kappa shape index (κ2) is 6.71.